The number of para-hydroxylation sites is 2. The molecule has 27 heavy (non-hydrogen) atoms. The third-order valence-electron chi connectivity index (χ3n) is 4.86. The Labute approximate surface area is 160 Å². The first-order valence-electron chi connectivity index (χ1n) is 9.22. The largest absolute Gasteiger partial charge is 0.456 e. The summed E-state index contributed by atoms with van der Waals surface area (Å²) in [6.45, 7) is 4.26. The van der Waals surface area contributed by atoms with Crippen molar-refractivity contribution in [3.63, 3.8) is 0 Å². The molecule has 0 aliphatic rings. The van der Waals surface area contributed by atoms with Crippen molar-refractivity contribution >= 4 is 0 Å². The van der Waals surface area contributed by atoms with Gasteiger partial charge in [-0.2, -0.15) is 0 Å². The van der Waals surface area contributed by atoms with Gasteiger partial charge in [-0.25, -0.2) is 0 Å². The summed E-state index contributed by atoms with van der Waals surface area (Å²) in [5, 5.41) is 0. The number of aryl methyl sites for hydroxylation is 2. The Hall–Kier alpha value is -3.32. The zero-order valence-electron chi connectivity index (χ0n) is 15.6. The lowest BCUT2D eigenvalue weighted by Crippen LogP contribution is -1.93. The Morgan fingerprint density at radius 3 is 1.15 bits per heavy atom. The predicted molar refractivity (Wildman–Crippen MR) is 113 cm³/mol. The average Bonchev–Trinajstić information content (AvgIpc) is 2.70. The van der Waals surface area contributed by atoms with Crippen LogP contribution in [-0.4, -0.2) is 0 Å². The fourth-order valence-corrected chi connectivity index (χ4v) is 3.42. The molecule has 0 saturated carbocycles. The molecule has 0 fully saturated rings. The molecule has 0 radical (unpaired) electrons. The summed E-state index contributed by atoms with van der Waals surface area (Å²) in [6, 6.07) is 33.3. The van der Waals surface area contributed by atoms with Crippen LogP contribution in [0.2, 0.25) is 0 Å². The van der Waals surface area contributed by atoms with E-state index in [-0.39, 0.29) is 0 Å². The molecule has 0 aromatic heterocycles. The van der Waals surface area contributed by atoms with Gasteiger partial charge in [-0.05, 0) is 48.2 Å². The van der Waals surface area contributed by atoms with Gasteiger partial charge in [-0.3, -0.25) is 0 Å². The Morgan fingerprint density at radius 2 is 0.741 bits per heavy atom. The van der Waals surface area contributed by atoms with Gasteiger partial charge >= 0.3 is 0 Å². The molecule has 1 nitrogen and oxygen atoms in total. The molecule has 0 spiro atoms. The van der Waals surface area contributed by atoms with Gasteiger partial charge in [0.2, 0.25) is 0 Å². The molecule has 0 atom stereocenters. The number of ether oxygens (including phenoxy) is 1. The summed E-state index contributed by atoms with van der Waals surface area (Å²) in [4.78, 5) is 0. The summed E-state index contributed by atoms with van der Waals surface area (Å²) in [7, 11) is 0. The van der Waals surface area contributed by atoms with Gasteiger partial charge < -0.3 is 4.74 Å². The lowest BCUT2D eigenvalue weighted by atomic mass is 9.99. The molecule has 4 rings (SSSR count). The highest BCUT2D eigenvalue weighted by Crippen LogP contribution is 2.39. The van der Waals surface area contributed by atoms with E-state index in [1.54, 1.807) is 0 Å². The van der Waals surface area contributed by atoms with E-state index in [2.05, 4.69) is 86.6 Å². The summed E-state index contributed by atoms with van der Waals surface area (Å²) in [5.74, 6) is 1.74. The highest BCUT2D eigenvalue weighted by molar-refractivity contribution is 5.76. The maximum Gasteiger partial charge on any atom is 0.135 e. The number of hydrogen-bond acceptors (Lipinski definition) is 1. The number of benzene rings is 4. The first-order chi connectivity index (χ1) is 13.2. The summed E-state index contributed by atoms with van der Waals surface area (Å²) < 4.78 is 6.46. The molecule has 0 aliphatic heterocycles. The van der Waals surface area contributed by atoms with Gasteiger partial charge in [0.15, 0.2) is 0 Å². The van der Waals surface area contributed by atoms with Crippen LogP contribution in [0.15, 0.2) is 97.1 Å². The van der Waals surface area contributed by atoms with E-state index >= 15 is 0 Å². The fourth-order valence-electron chi connectivity index (χ4n) is 3.42. The van der Waals surface area contributed by atoms with Crippen molar-refractivity contribution in [1.82, 2.24) is 0 Å². The second kappa shape index (κ2) is 7.51. The van der Waals surface area contributed by atoms with Crippen LogP contribution in [0.4, 0.5) is 0 Å². The van der Waals surface area contributed by atoms with Crippen molar-refractivity contribution < 1.29 is 4.74 Å². The van der Waals surface area contributed by atoms with E-state index in [0.717, 1.165) is 22.6 Å². The Kier molecular flexibility index (Phi) is 4.76. The Bertz CT molecular complexity index is 992. The first-order valence-corrected chi connectivity index (χ1v) is 9.22. The van der Waals surface area contributed by atoms with Crippen molar-refractivity contribution in [1.29, 1.82) is 0 Å². The molecule has 4 aromatic carbocycles. The molecule has 0 aliphatic carbocycles. The molecule has 0 amide bonds. The van der Waals surface area contributed by atoms with Crippen molar-refractivity contribution in [2.24, 2.45) is 0 Å². The third kappa shape index (κ3) is 3.50. The van der Waals surface area contributed by atoms with Crippen LogP contribution in [0, 0.1) is 13.8 Å². The molecule has 0 bridgehead atoms. The normalized spacial score (nSPS) is 10.6. The standard InChI is InChI=1S/C26H22O/c1-19-11-3-5-13-21(19)23-15-7-9-17-25(23)27-26-18-10-8-16-24(26)22-14-6-4-12-20(22)2/h3-18H,1-2H3. The van der Waals surface area contributed by atoms with E-state index in [0.29, 0.717) is 0 Å². The van der Waals surface area contributed by atoms with Gasteiger partial charge in [0.05, 0.1) is 0 Å². The van der Waals surface area contributed by atoms with Crippen LogP contribution in [0.25, 0.3) is 22.3 Å². The van der Waals surface area contributed by atoms with Crippen LogP contribution >= 0.6 is 0 Å². The second-order valence-electron chi connectivity index (χ2n) is 6.72. The number of hydrogen-bond donors (Lipinski definition) is 0. The molecule has 4 aromatic rings. The first kappa shape index (κ1) is 17.1. The lowest BCUT2D eigenvalue weighted by molar-refractivity contribution is 0.486. The van der Waals surface area contributed by atoms with Gasteiger partial charge in [0.1, 0.15) is 11.5 Å². The lowest BCUT2D eigenvalue weighted by Gasteiger charge is -2.16. The van der Waals surface area contributed by atoms with Crippen molar-refractivity contribution in [3.8, 4) is 33.8 Å². The zero-order valence-corrected chi connectivity index (χ0v) is 15.6. The summed E-state index contributed by atoms with van der Waals surface area (Å²) in [5.41, 5.74) is 7.08. The van der Waals surface area contributed by atoms with Gasteiger partial charge in [-0.15, -0.1) is 0 Å². The van der Waals surface area contributed by atoms with E-state index in [1.165, 1.54) is 22.3 Å². The van der Waals surface area contributed by atoms with Crippen LogP contribution < -0.4 is 4.74 Å². The minimum absolute atomic E-state index is 0.868. The van der Waals surface area contributed by atoms with E-state index < -0.39 is 0 Å². The highest BCUT2D eigenvalue weighted by atomic mass is 16.5. The van der Waals surface area contributed by atoms with E-state index in [9.17, 15) is 0 Å². The summed E-state index contributed by atoms with van der Waals surface area (Å²) in [6.07, 6.45) is 0. The SMILES string of the molecule is Cc1ccccc1-c1ccccc1Oc1ccccc1-c1ccccc1C. The maximum atomic E-state index is 6.46. The van der Waals surface area contributed by atoms with Gasteiger partial charge in [-0.1, -0.05) is 84.9 Å². The minimum Gasteiger partial charge on any atom is -0.456 e. The highest BCUT2D eigenvalue weighted by Gasteiger charge is 2.12. The minimum atomic E-state index is 0.868. The fraction of sp³-hybridized carbons (Fsp3) is 0.0769. The number of rotatable bonds is 4. The van der Waals surface area contributed by atoms with E-state index in [4.69, 9.17) is 4.74 Å². The monoisotopic (exact) mass is 350 g/mol. The molecule has 132 valence electrons. The van der Waals surface area contributed by atoms with Crippen LogP contribution in [-0.2, 0) is 0 Å². The molecule has 0 heterocycles. The average molecular weight is 350 g/mol. The van der Waals surface area contributed by atoms with Crippen molar-refractivity contribution in [3.05, 3.63) is 108 Å². The predicted octanol–water partition coefficient (Wildman–Crippen LogP) is 7.43. The van der Waals surface area contributed by atoms with Crippen molar-refractivity contribution in [2.45, 2.75) is 13.8 Å². The topological polar surface area (TPSA) is 9.23 Å². The Balaban J connectivity index is 1.80. The smallest absolute Gasteiger partial charge is 0.135 e. The third-order valence-corrected chi connectivity index (χ3v) is 4.86. The molecular formula is C26H22O. The molecule has 0 unspecified atom stereocenters. The van der Waals surface area contributed by atoms with Crippen LogP contribution in [0.1, 0.15) is 11.1 Å². The maximum absolute atomic E-state index is 6.46. The van der Waals surface area contributed by atoms with Crippen LogP contribution in [0.5, 0.6) is 11.5 Å². The van der Waals surface area contributed by atoms with Crippen LogP contribution in [0.3, 0.4) is 0 Å². The Morgan fingerprint density at radius 1 is 0.407 bits per heavy atom. The van der Waals surface area contributed by atoms with Gasteiger partial charge in [0.25, 0.3) is 0 Å². The van der Waals surface area contributed by atoms with E-state index in [1.807, 2.05) is 24.3 Å². The zero-order chi connectivity index (χ0) is 18.6. The van der Waals surface area contributed by atoms with Crippen molar-refractivity contribution in [2.75, 3.05) is 0 Å². The molecular weight excluding hydrogens is 328 g/mol. The quantitative estimate of drug-likeness (QED) is 0.372. The molecule has 0 saturated heterocycles. The second-order valence-corrected chi connectivity index (χ2v) is 6.72. The molecule has 0 N–H and O–H groups in total. The molecule has 1 heteroatoms. The van der Waals surface area contributed by atoms with Gasteiger partial charge in [0, 0.05) is 11.1 Å². The summed E-state index contributed by atoms with van der Waals surface area (Å²) >= 11 is 0.